The molecule has 0 spiro atoms. The Morgan fingerprint density at radius 1 is 1.33 bits per heavy atom. The lowest BCUT2D eigenvalue weighted by molar-refractivity contribution is 0.548. The highest BCUT2D eigenvalue weighted by Crippen LogP contribution is 2.09. The first-order valence-electron chi connectivity index (χ1n) is 6.38. The number of unbranched alkanes of at least 4 members (excludes halogenated alkanes) is 1. The maximum Gasteiger partial charge on any atom is 0.269 e. The number of hydrogen-bond donors (Lipinski definition) is 1. The van der Waals surface area contributed by atoms with E-state index in [0.717, 1.165) is 36.8 Å². The fourth-order valence-electron chi connectivity index (χ4n) is 2.08. The van der Waals surface area contributed by atoms with Crippen molar-refractivity contribution in [2.45, 2.75) is 38.8 Å². The Morgan fingerprint density at radius 2 is 2.11 bits per heavy atom. The largest absolute Gasteiger partial charge is 0.328 e. The number of aromatic nitrogens is 2. The Balaban J connectivity index is 2.16. The molecule has 0 aliphatic rings. The molecule has 4 nitrogen and oxygen atoms in total. The van der Waals surface area contributed by atoms with Crippen LogP contribution in [0.1, 0.15) is 26.2 Å². The van der Waals surface area contributed by atoms with E-state index in [-0.39, 0.29) is 11.6 Å². The van der Waals surface area contributed by atoms with Gasteiger partial charge in [0.15, 0.2) is 0 Å². The lowest BCUT2D eigenvalue weighted by atomic mass is 10.1. The van der Waals surface area contributed by atoms with Crippen LogP contribution in [-0.2, 0) is 6.54 Å². The molecule has 0 amide bonds. The molecule has 2 rings (SSSR count). The molecule has 0 aliphatic heterocycles. The molecule has 0 saturated heterocycles. The fourth-order valence-corrected chi connectivity index (χ4v) is 2.08. The number of nitrogens with two attached hydrogens (primary N) is 1. The second-order valence-electron chi connectivity index (χ2n) is 4.71. The van der Waals surface area contributed by atoms with Gasteiger partial charge >= 0.3 is 0 Å². The zero-order valence-corrected chi connectivity index (χ0v) is 10.7. The first-order valence-corrected chi connectivity index (χ1v) is 6.38. The van der Waals surface area contributed by atoms with Gasteiger partial charge in [0.05, 0.1) is 17.2 Å². The molecule has 1 unspecified atom stereocenters. The van der Waals surface area contributed by atoms with Crippen molar-refractivity contribution in [2.75, 3.05) is 0 Å². The van der Waals surface area contributed by atoms with Crippen molar-refractivity contribution in [3.05, 3.63) is 40.8 Å². The molecule has 96 valence electrons. The van der Waals surface area contributed by atoms with Gasteiger partial charge in [-0.15, -0.1) is 0 Å². The van der Waals surface area contributed by atoms with Crippen LogP contribution in [0.5, 0.6) is 0 Å². The lowest BCUT2D eigenvalue weighted by Gasteiger charge is -2.09. The van der Waals surface area contributed by atoms with Crippen molar-refractivity contribution >= 4 is 11.0 Å². The summed E-state index contributed by atoms with van der Waals surface area (Å²) in [6.07, 6.45) is 4.40. The lowest BCUT2D eigenvalue weighted by Crippen LogP contribution is -2.21. The maximum atomic E-state index is 11.8. The molecule has 1 atom stereocenters. The average molecular weight is 245 g/mol. The molecule has 1 aromatic carbocycles. The summed E-state index contributed by atoms with van der Waals surface area (Å²) >= 11 is 0. The van der Waals surface area contributed by atoms with E-state index in [1.165, 1.54) is 6.20 Å². The van der Waals surface area contributed by atoms with Gasteiger partial charge in [0.25, 0.3) is 5.56 Å². The second-order valence-corrected chi connectivity index (χ2v) is 4.71. The Kier molecular flexibility index (Phi) is 4.10. The predicted molar refractivity (Wildman–Crippen MR) is 73.5 cm³/mol. The summed E-state index contributed by atoms with van der Waals surface area (Å²) in [7, 11) is 0. The van der Waals surface area contributed by atoms with Crippen LogP contribution < -0.4 is 11.3 Å². The van der Waals surface area contributed by atoms with E-state index < -0.39 is 0 Å². The van der Waals surface area contributed by atoms with E-state index in [1.807, 2.05) is 31.2 Å². The topological polar surface area (TPSA) is 60.9 Å². The summed E-state index contributed by atoms with van der Waals surface area (Å²) in [4.78, 5) is 16.0. The van der Waals surface area contributed by atoms with Crippen LogP contribution in [0.15, 0.2) is 35.3 Å². The van der Waals surface area contributed by atoms with Crippen molar-refractivity contribution in [1.29, 1.82) is 0 Å². The number of benzene rings is 1. The van der Waals surface area contributed by atoms with Gasteiger partial charge in [0.1, 0.15) is 0 Å². The first kappa shape index (κ1) is 12.8. The quantitative estimate of drug-likeness (QED) is 0.819. The Hall–Kier alpha value is -1.68. The van der Waals surface area contributed by atoms with Crippen LogP contribution in [0.4, 0.5) is 0 Å². The standard InChI is InChI=1S/C14H19N3O/c1-11(15)6-4-5-9-17-13-8-3-2-7-12(13)16-10-14(17)18/h2-3,7-8,10-11H,4-6,9,15H2,1H3. The SMILES string of the molecule is CC(N)CCCCn1c(=O)cnc2ccccc21. The molecular weight excluding hydrogens is 226 g/mol. The summed E-state index contributed by atoms with van der Waals surface area (Å²) in [5, 5.41) is 0. The van der Waals surface area contributed by atoms with Crippen LogP contribution in [0, 0.1) is 0 Å². The fraction of sp³-hybridized carbons (Fsp3) is 0.429. The van der Waals surface area contributed by atoms with Crippen molar-refractivity contribution in [2.24, 2.45) is 5.73 Å². The van der Waals surface area contributed by atoms with Crippen molar-refractivity contribution < 1.29 is 0 Å². The summed E-state index contributed by atoms with van der Waals surface area (Å²) in [6, 6.07) is 7.96. The van der Waals surface area contributed by atoms with Crippen LogP contribution in [-0.4, -0.2) is 15.6 Å². The highest BCUT2D eigenvalue weighted by molar-refractivity contribution is 5.74. The normalized spacial score (nSPS) is 12.8. The monoisotopic (exact) mass is 245 g/mol. The third kappa shape index (κ3) is 2.96. The highest BCUT2D eigenvalue weighted by atomic mass is 16.1. The number of para-hydroxylation sites is 2. The third-order valence-electron chi connectivity index (χ3n) is 3.04. The number of aryl methyl sites for hydroxylation is 1. The average Bonchev–Trinajstić information content (AvgIpc) is 2.36. The van der Waals surface area contributed by atoms with Gasteiger partial charge in [0.2, 0.25) is 0 Å². The number of nitrogens with zero attached hydrogens (tertiary/aromatic N) is 2. The smallest absolute Gasteiger partial charge is 0.269 e. The Bertz CT molecular complexity index is 575. The van der Waals surface area contributed by atoms with Crippen molar-refractivity contribution in [3.63, 3.8) is 0 Å². The van der Waals surface area contributed by atoms with Crippen molar-refractivity contribution in [1.82, 2.24) is 9.55 Å². The van der Waals surface area contributed by atoms with Gasteiger partial charge in [-0.2, -0.15) is 0 Å². The molecule has 4 heteroatoms. The van der Waals surface area contributed by atoms with E-state index in [2.05, 4.69) is 4.98 Å². The molecule has 2 N–H and O–H groups in total. The second kappa shape index (κ2) is 5.78. The Morgan fingerprint density at radius 3 is 2.89 bits per heavy atom. The zero-order valence-electron chi connectivity index (χ0n) is 10.7. The summed E-state index contributed by atoms with van der Waals surface area (Å²) in [6.45, 7) is 2.74. The first-order chi connectivity index (χ1) is 8.68. The molecule has 2 aromatic rings. The van der Waals surface area contributed by atoms with E-state index >= 15 is 0 Å². The van der Waals surface area contributed by atoms with Crippen LogP contribution >= 0.6 is 0 Å². The maximum absolute atomic E-state index is 11.8. The molecule has 0 saturated carbocycles. The van der Waals surface area contributed by atoms with E-state index in [1.54, 1.807) is 4.57 Å². The van der Waals surface area contributed by atoms with Crippen LogP contribution in [0.3, 0.4) is 0 Å². The molecular formula is C14H19N3O. The number of hydrogen-bond acceptors (Lipinski definition) is 3. The Labute approximate surface area is 106 Å². The van der Waals surface area contributed by atoms with Gasteiger partial charge in [-0.1, -0.05) is 18.6 Å². The minimum Gasteiger partial charge on any atom is -0.328 e. The zero-order chi connectivity index (χ0) is 13.0. The molecule has 0 aliphatic carbocycles. The van der Waals surface area contributed by atoms with Crippen LogP contribution in [0.2, 0.25) is 0 Å². The third-order valence-corrected chi connectivity index (χ3v) is 3.04. The molecule has 1 aromatic heterocycles. The van der Waals surface area contributed by atoms with Gasteiger partial charge in [-0.3, -0.25) is 4.79 Å². The summed E-state index contributed by atoms with van der Waals surface area (Å²) in [5.41, 5.74) is 7.45. The number of fused-ring (bicyclic) bond motifs is 1. The molecule has 18 heavy (non-hydrogen) atoms. The van der Waals surface area contributed by atoms with E-state index in [0.29, 0.717) is 0 Å². The molecule has 1 heterocycles. The summed E-state index contributed by atoms with van der Waals surface area (Å²) < 4.78 is 1.80. The molecule has 0 radical (unpaired) electrons. The minimum atomic E-state index is -0.0329. The van der Waals surface area contributed by atoms with Gasteiger partial charge in [-0.25, -0.2) is 4.98 Å². The van der Waals surface area contributed by atoms with Gasteiger partial charge < -0.3 is 10.3 Å². The molecule has 0 bridgehead atoms. The van der Waals surface area contributed by atoms with Gasteiger partial charge in [-0.05, 0) is 31.9 Å². The summed E-state index contributed by atoms with van der Waals surface area (Å²) in [5.74, 6) is 0. The van der Waals surface area contributed by atoms with Crippen LogP contribution in [0.25, 0.3) is 11.0 Å². The van der Waals surface area contributed by atoms with Gasteiger partial charge in [0, 0.05) is 12.6 Å². The highest BCUT2D eigenvalue weighted by Gasteiger charge is 2.03. The molecule has 0 fully saturated rings. The van der Waals surface area contributed by atoms with E-state index in [9.17, 15) is 4.79 Å². The van der Waals surface area contributed by atoms with Crippen molar-refractivity contribution in [3.8, 4) is 0 Å². The van der Waals surface area contributed by atoms with E-state index in [4.69, 9.17) is 5.73 Å². The predicted octanol–water partition coefficient (Wildman–Crippen LogP) is 1.91. The number of rotatable bonds is 5. The minimum absolute atomic E-state index is 0.0329.